The molecular weight excluding hydrogens is 395 g/mol. The number of halogens is 2. The predicted molar refractivity (Wildman–Crippen MR) is 107 cm³/mol. The molecule has 0 spiro atoms. The minimum absolute atomic E-state index is 0. The molecule has 3 heterocycles. The van der Waals surface area contributed by atoms with E-state index in [1.807, 2.05) is 24.3 Å². The highest BCUT2D eigenvalue weighted by Gasteiger charge is 2.38. The summed E-state index contributed by atoms with van der Waals surface area (Å²) in [6, 6.07) is 9.35. The normalized spacial score (nSPS) is 15.3. The third kappa shape index (κ3) is 5.56. The van der Waals surface area contributed by atoms with E-state index in [0.29, 0.717) is 38.3 Å². The van der Waals surface area contributed by atoms with Gasteiger partial charge in [0.2, 0.25) is 5.91 Å². The molecule has 0 unspecified atom stereocenters. The standard InChI is InChI=1S/C17H20N4O2S.2ClH/c18-12-17(5-9-23-10-6-17)16(22)21-13-4-8-20-15(11-13)24-14-3-1-2-7-19-14;;/h1-4,7-8,11H,5-6,9-10,12,18H2,(H,20,21,22);2*1H. The number of hydrogen-bond acceptors (Lipinski definition) is 6. The molecule has 0 atom stereocenters. The van der Waals surface area contributed by atoms with Crippen LogP contribution in [0, 0.1) is 5.41 Å². The van der Waals surface area contributed by atoms with Gasteiger partial charge in [-0.1, -0.05) is 17.8 Å². The largest absolute Gasteiger partial charge is 0.381 e. The molecule has 0 bridgehead atoms. The number of aromatic nitrogens is 2. The fourth-order valence-electron chi connectivity index (χ4n) is 2.61. The van der Waals surface area contributed by atoms with Gasteiger partial charge in [-0.15, -0.1) is 24.8 Å². The molecule has 3 N–H and O–H groups in total. The van der Waals surface area contributed by atoms with Crippen molar-refractivity contribution in [3.05, 3.63) is 42.7 Å². The van der Waals surface area contributed by atoms with Gasteiger partial charge in [-0.3, -0.25) is 4.79 Å². The third-order valence-corrected chi connectivity index (χ3v) is 5.04. The van der Waals surface area contributed by atoms with E-state index in [-0.39, 0.29) is 30.7 Å². The van der Waals surface area contributed by atoms with Crippen LogP contribution in [0.25, 0.3) is 0 Å². The number of anilines is 1. The average molecular weight is 417 g/mol. The third-order valence-electron chi connectivity index (χ3n) is 4.16. The number of nitrogens with one attached hydrogen (secondary N) is 1. The highest BCUT2D eigenvalue weighted by molar-refractivity contribution is 7.99. The molecule has 0 radical (unpaired) electrons. The van der Waals surface area contributed by atoms with Crippen LogP contribution in [0.1, 0.15) is 12.8 Å². The van der Waals surface area contributed by atoms with Gasteiger partial charge in [0.05, 0.1) is 5.41 Å². The van der Waals surface area contributed by atoms with Gasteiger partial charge in [-0.25, -0.2) is 9.97 Å². The number of carbonyl (C=O) groups is 1. The maximum Gasteiger partial charge on any atom is 0.232 e. The monoisotopic (exact) mass is 416 g/mol. The Kier molecular flexibility index (Phi) is 9.32. The molecule has 26 heavy (non-hydrogen) atoms. The predicted octanol–water partition coefficient (Wildman–Crippen LogP) is 3.17. The lowest BCUT2D eigenvalue weighted by atomic mass is 9.79. The minimum atomic E-state index is -0.546. The van der Waals surface area contributed by atoms with Crippen molar-refractivity contribution >= 4 is 48.2 Å². The van der Waals surface area contributed by atoms with Crippen LogP contribution in [0.3, 0.4) is 0 Å². The zero-order chi connectivity index (χ0) is 16.8. The van der Waals surface area contributed by atoms with Gasteiger partial charge in [-0.05, 0) is 37.1 Å². The van der Waals surface area contributed by atoms with Crippen molar-refractivity contribution in [2.24, 2.45) is 11.1 Å². The van der Waals surface area contributed by atoms with Crippen LogP contribution in [0.4, 0.5) is 5.69 Å². The van der Waals surface area contributed by atoms with Crippen LogP contribution in [-0.4, -0.2) is 35.6 Å². The number of hydrogen-bond donors (Lipinski definition) is 2. The topological polar surface area (TPSA) is 90.1 Å². The molecular formula is C17H22Cl2N4O2S. The van der Waals surface area contributed by atoms with Crippen molar-refractivity contribution in [3.8, 4) is 0 Å². The molecule has 1 aliphatic rings. The molecule has 2 aromatic heterocycles. The molecule has 1 aliphatic heterocycles. The van der Waals surface area contributed by atoms with Gasteiger partial charge < -0.3 is 15.8 Å². The van der Waals surface area contributed by atoms with Crippen molar-refractivity contribution in [2.45, 2.75) is 22.9 Å². The molecule has 142 valence electrons. The Morgan fingerprint density at radius 3 is 2.54 bits per heavy atom. The quantitative estimate of drug-likeness (QED) is 0.777. The molecule has 3 rings (SSSR count). The van der Waals surface area contributed by atoms with Gasteiger partial charge >= 0.3 is 0 Å². The molecule has 0 saturated carbocycles. The lowest BCUT2D eigenvalue weighted by Crippen LogP contribution is -2.46. The zero-order valence-electron chi connectivity index (χ0n) is 14.1. The van der Waals surface area contributed by atoms with Crippen LogP contribution in [0.5, 0.6) is 0 Å². The highest BCUT2D eigenvalue weighted by Crippen LogP contribution is 2.31. The fraction of sp³-hybridized carbons (Fsp3) is 0.353. The highest BCUT2D eigenvalue weighted by atomic mass is 35.5. The summed E-state index contributed by atoms with van der Waals surface area (Å²) < 4.78 is 5.36. The first kappa shape index (κ1) is 22.7. The van der Waals surface area contributed by atoms with Gasteiger partial charge in [0, 0.05) is 37.8 Å². The fourth-order valence-corrected chi connectivity index (χ4v) is 3.38. The maximum atomic E-state index is 12.7. The number of carbonyl (C=O) groups excluding carboxylic acids is 1. The molecule has 0 aliphatic carbocycles. The van der Waals surface area contributed by atoms with E-state index in [0.717, 1.165) is 10.1 Å². The Labute approximate surface area is 169 Å². The van der Waals surface area contributed by atoms with E-state index in [1.54, 1.807) is 18.5 Å². The smallest absolute Gasteiger partial charge is 0.232 e. The summed E-state index contributed by atoms with van der Waals surface area (Å²) in [6.45, 7) is 1.46. The van der Waals surface area contributed by atoms with Gasteiger partial charge in [-0.2, -0.15) is 0 Å². The lowest BCUT2D eigenvalue weighted by Gasteiger charge is -2.34. The minimum Gasteiger partial charge on any atom is -0.381 e. The SMILES string of the molecule is Cl.Cl.NCC1(C(=O)Nc2ccnc(Sc3ccccn3)c2)CCOCC1. The molecule has 9 heteroatoms. The van der Waals surface area contributed by atoms with Crippen molar-refractivity contribution < 1.29 is 9.53 Å². The van der Waals surface area contributed by atoms with E-state index in [1.165, 1.54) is 11.8 Å². The first-order chi connectivity index (χ1) is 11.7. The number of pyridine rings is 2. The second-order valence-electron chi connectivity index (χ2n) is 5.70. The Balaban J connectivity index is 0.00000169. The lowest BCUT2D eigenvalue weighted by molar-refractivity contribution is -0.130. The first-order valence-corrected chi connectivity index (χ1v) is 8.68. The van der Waals surface area contributed by atoms with Gasteiger partial charge in [0.1, 0.15) is 10.1 Å². The van der Waals surface area contributed by atoms with Crippen LogP contribution in [0.2, 0.25) is 0 Å². The average Bonchev–Trinajstić information content (AvgIpc) is 2.63. The summed E-state index contributed by atoms with van der Waals surface area (Å²) in [7, 11) is 0. The second-order valence-corrected chi connectivity index (χ2v) is 6.74. The van der Waals surface area contributed by atoms with Crippen molar-refractivity contribution in [3.63, 3.8) is 0 Å². The zero-order valence-corrected chi connectivity index (χ0v) is 16.5. The Morgan fingerprint density at radius 1 is 1.15 bits per heavy atom. The van der Waals surface area contributed by atoms with E-state index >= 15 is 0 Å². The van der Waals surface area contributed by atoms with E-state index in [9.17, 15) is 4.79 Å². The maximum absolute atomic E-state index is 12.7. The van der Waals surface area contributed by atoms with Crippen LogP contribution in [-0.2, 0) is 9.53 Å². The molecule has 1 fully saturated rings. The second kappa shape index (κ2) is 10.7. The van der Waals surface area contributed by atoms with Crippen LogP contribution < -0.4 is 11.1 Å². The Hall–Kier alpha value is -1.38. The van der Waals surface area contributed by atoms with Crippen LogP contribution >= 0.6 is 36.6 Å². The molecule has 6 nitrogen and oxygen atoms in total. The summed E-state index contributed by atoms with van der Waals surface area (Å²) in [4.78, 5) is 21.3. The van der Waals surface area contributed by atoms with Gasteiger partial charge in [0.25, 0.3) is 0 Å². The van der Waals surface area contributed by atoms with Gasteiger partial charge in [0.15, 0.2) is 0 Å². The Morgan fingerprint density at radius 2 is 1.88 bits per heavy atom. The van der Waals surface area contributed by atoms with Crippen molar-refractivity contribution in [2.75, 3.05) is 25.1 Å². The summed E-state index contributed by atoms with van der Waals surface area (Å²) >= 11 is 1.45. The van der Waals surface area contributed by atoms with Crippen molar-refractivity contribution in [1.82, 2.24) is 9.97 Å². The number of rotatable bonds is 5. The molecule has 2 aromatic rings. The summed E-state index contributed by atoms with van der Waals surface area (Å²) in [6.07, 6.45) is 4.72. The Bertz CT molecular complexity index is 700. The number of nitrogens with zero attached hydrogens (tertiary/aromatic N) is 2. The summed E-state index contributed by atoms with van der Waals surface area (Å²) in [5.41, 5.74) is 6.05. The first-order valence-electron chi connectivity index (χ1n) is 7.86. The van der Waals surface area contributed by atoms with Crippen LogP contribution in [0.15, 0.2) is 52.8 Å². The number of ether oxygens (including phenoxy) is 1. The van der Waals surface area contributed by atoms with E-state index in [4.69, 9.17) is 10.5 Å². The molecule has 1 amide bonds. The number of nitrogens with two attached hydrogens (primary N) is 1. The summed E-state index contributed by atoms with van der Waals surface area (Å²) in [5.74, 6) is -0.0479. The molecule has 1 saturated heterocycles. The van der Waals surface area contributed by atoms with Crippen molar-refractivity contribution in [1.29, 1.82) is 0 Å². The molecule has 0 aromatic carbocycles. The summed E-state index contributed by atoms with van der Waals surface area (Å²) in [5, 5.41) is 4.62. The number of amides is 1. The van der Waals surface area contributed by atoms with E-state index in [2.05, 4.69) is 15.3 Å². The van der Waals surface area contributed by atoms with E-state index < -0.39 is 5.41 Å².